The van der Waals surface area contributed by atoms with Crippen molar-refractivity contribution >= 4 is 36.3 Å². The Morgan fingerprint density at radius 3 is 3.03 bits per heavy atom. The Balaban J connectivity index is 1.28. The lowest BCUT2D eigenvalue weighted by molar-refractivity contribution is -0.0520. The number of fused-ring (bicyclic) bond motifs is 1. The molecule has 3 aromatic rings. The number of halogens is 1. The van der Waals surface area contributed by atoms with Crippen LogP contribution in [0, 0.1) is 0 Å². The summed E-state index contributed by atoms with van der Waals surface area (Å²) in [5.74, 6) is 0.335. The first-order valence-electron chi connectivity index (χ1n) is 10.3. The molecule has 4 heterocycles. The first kappa shape index (κ1) is 22.5. The van der Waals surface area contributed by atoms with Crippen molar-refractivity contribution in [1.82, 2.24) is 14.5 Å². The monoisotopic (exact) mass is 492 g/mol. The highest BCUT2D eigenvalue weighted by atomic mass is 35.5. The maximum absolute atomic E-state index is 13.1. The summed E-state index contributed by atoms with van der Waals surface area (Å²) in [6.45, 7) is 3.91. The molecule has 0 spiro atoms. The van der Waals surface area contributed by atoms with Crippen molar-refractivity contribution in [2.75, 3.05) is 18.9 Å². The summed E-state index contributed by atoms with van der Waals surface area (Å²) in [4.78, 5) is 8.22. The van der Waals surface area contributed by atoms with Crippen LogP contribution in [-0.2, 0) is 22.9 Å². The quantitative estimate of drug-likeness (QED) is 0.403. The number of nitrogen functional groups attached to an aromatic ring is 1. The summed E-state index contributed by atoms with van der Waals surface area (Å²) in [6, 6.07) is 8.88. The molecule has 12 heteroatoms. The van der Waals surface area contributed by atoms with Gasteiger partial charge in [0.1, 0.15) is 30.0 Å². The molecule has 0 radical (unpaired) electrons. The van der Waals surface area contributed by atoms with Gasteiger partial charge in [0.05, 0.1) is 24.7 Å². The van der Waals surface area contributed by atoms with Gasteiger partial charge in [0.25, 0.3) is 0 Å². The Hall–Kier alpha value is -2.30. The summed E-state index contributed by atoms with van der Waals surface area (Å²) in [5, 5.41) is 11.9. The molecule has 5 atom stereocenters. The van der Waals surface area contributed by atoms with E-state index in [1.165, 1.54) is 6.33 Å². The summed E-state index contributed by atoms with van der Waals surface area (Å²) >= 11 is 6.06. The molecule has 0 aliphatic carbocycles. The number of phosphoric ester groups is 1. The minimum atomic E-state index is -3.88. The van der Waals surface area contributed by atoms with Crippen LogP contribution in [0.4, 0.5) is 5.82 Å². The smallest absolute Gasteiger partial charge is 0.386 e. The molecule has 3 N–H and O–H groups in total. The van der Waals surface area contributed by atoms with Crippen LogP contribution in [0.3, 0.4) is 0 Å². The van der Waals surface area contributed by atoms with E-state index in [9.17, 15) is 9.67 Å². The second-order valence-electron chi connectivity index (χ2n) is 7.78. The number of phosphoric acid groups is 1. The minimum absolute atomic E-state index is 0.189. The van der Waals surface area contributed by atoms with Gasteiger partial charge in [-0.1, -0.05) is 30.3 Å². The van der Waals surface area contributed by atoms with Gasteiger partial charge in [-0.2, -0.15) is 0 Å². The van der Waals surface area contributed by atoms with Gasteiger partial charge in [-0.25, -0.2) is 14.5 Å². The molecule has 0 bridgehead atoms. The molecule has 2 saturated heterocycles. The zero-order chi connectivity index (χ0) is 23.2. The molecule has 33 heavy (non-hydrogen) atoms. The third-order valence-corrected chi connectivity index (χ3v) is 7.36. The summed E-state index contributed by atoms with van der Waals surface area (Å²) in [5.41, 5.74) is 7.62. The lowest BCUT2D eigenvalue weighted by atomic mass is 10.1. The number of anilines is 1. The lowest BCUT2D eigenvalue weighted by Gasteiger charge is -2.29. The molecule has 10 nitrogen and oxygen atoms in total. The molecule has 1 aromatic carbocycles. The maximum atomic E-state index is 13.1. The number of nitrogens with two attached hydrogens (primary N) is 1. The molecule has 0 saturated carbocycles. The highest BCUT2D eigenvalue weighted by Crippen LogP contribution is 2.57. The number of hydrogen-bond acceptors (Lipinski definition) is 9. The van der Waals surface area contributed by atoms with Crippen LogP contribution in [-0.4, -0.2) is 45.1 Å². The number of rotatable bonds is 5. The van der Waals surface area contributed by atoms with Gasteiger partial charge in [-0.15, -0.1) is 0 Å². The first-order valence-corrected chi connectivity index (χ1v) is 12.1. The van der Waals surface area contributed by atoms with E-state index in [4.69, 9.17) is 35.6 Å². The number of nitrogens with zero attached hydrogens (tertiary/aromatic N) is 3. The van der Waals surface area contributed by atoms with E-state index < -0.39 is 32.4 Å². The fourth-order valence-electron chi connectivity index (χ4n) is 3.94. The molecule has 0 amide bonds. The zero-order valence-electron chi connectivity index (χ0n) is 17.4. The highest BCUT2D eigenvalue weighted by molar-refractivity contribution is 7.48. The normalized spacial score (nSPS) is 30.2. The molecule has 2 fully saturated rings. The van der Waals surface area contributed by atoms with Crippen molar-refractivity contribution in [2.24, 2.45) is 0 Å². The Bertz CT molecular complexity index is 1250. The van der Waals surface area contributed by atoms with E-state index >= 15 is 0 Å². The minimum Gasteiger partial charge on any atom is -0.386 e. The van der Waals surface area contributed by atoms with Gasteiger partial charge in [0.2, 0.25) is 0 Å². The average molecular weight is 493 g/mol. The van der Waals surface area contributed by atoms with Crippen LogP contribution in [0.2, 0.25) is 5.02 Å². The van der Waals surface area contributed by atoms with Gasteiger partial charge >= 0.3 is 7.82 Å². The van der Waals surface area contributed by atoms with Crippen molar-refractivity contribution in [2.45, 2.75) is 31.0 Å². The summed E-state index contributed by atoms with van der Waals surface area (Å²) in [7, 11) is -3.88. The number of aliphatic hydroxyl groups is 1. The Morgan fingerprint density at radius 2 is 2.21 bits per heavy atom. The Morgan fingerprint density at radius 1 is 1.36 bits per heavy atom. The summed E-state index contributed by atoms with van der Waals surface area (Å²) in [6.07, 6.45) is 0.469. The van der Waals surface area contributed by atoms with E-state index in [0.29, 0.717) is 33.9 Å². The van der Waals surface area contributed by atoms with Crippen molar-refractivity contribution < 1.29 is 28.0 Å². The van der Waals surface area contributed by atoms with Gasteiger partial charge in [-0.05, 0) is 23.8 Å². The molecular formula is C21H22ClN4O6P. The van der Waals surface area contributed by atoms with E-state index in [1.54, 1.807) is 35.0 Å². The Labute approximate surface area is 194 Å². The average Bonchev–Trinajstić information content (AvgIpc) is 3.35. The van der Waals surface area contributed by atoms with Gasteiger partial charge < -0.3 is 20.1 Å². The van der Waals surface area contributed by atoms with Gasteiger partial charge in [-0.3, -0.25) is 13.6 Å². The number of benzene rings is 1. The van der Waals surface area contributed by atoms with Crippen LogP contribution in [0.15, 0.2) is 55.0 Å². The second-order valence-corrected chi connectivity index (χ2v) is 9.84. The predicted octanol–water partition coefficient (Wildman–Crippen LogP) is 3.78. The number of aromatic nitrogens is 3. The molecule has 5 rings (SSSR count). The molecule has 2 aromatic heterocycles. The van der Waals surface area contributed by atoms with Crippen LogP contribution >= 0.6 is 19.4 Å². The lowest BCUT2D eigenvalue weighted by Crippen LogP contribution is -2.27. The van der Waals surface area contributed by atoms with Crippen LogP contribution in [0.5, 0.6) is 0 Å². The predicted molar refractivity (Wildman–Crippen MR) is 120 cm³/mol. The molecule has 0 unspecified atom stereocenters. The standard InChI is InChI=1S/C21H22ClN4O6P/c1-12-18(27)17(31-21(12)26-7-5-15-19(23)24-11-25-20(15)26)10-30-33(28)29-8-6-16(32-33)13-3-2-4-14(22)9-13/h2-5,7,9,11,16-18,21,27H,1,6,8,10H2,(H2,23,24,25)/t16-,17-,18+,21-,33+/m1/s1. The fraction of sp³-hybridized carbons (Fsp3) is 0.333. The topological polar surface area (TPSA) is 131 Å². The molecule has 174 valence electrons. The van der Waals surface area contributed by atoms with Crippen LogP contribution in [0.1, 0.15) is 24.3 Å². The van der Waals surface area contributed by atoms with Crippen LogP contribution in [0.25, 0.3) is 11.0 Å². The highest BCUT2D eigenvalue weighted by Gasteiger charge is 2.43. The van der Waals surface area contributed by atoms with Crippen molar-refractivity contribution in [3.63, 3.8) is 0 Å². The maximum Gasteiger partial charge on any atom is 0.475 e. The largest absolute Gasteiger partial charge is 0.475 e. The van der Waals surface area contributed by atoms with E-state index in [0.717, 1.165) is 5.56 Å². The number of hydrogen-bond donors (Lipinski definition) is 2. The van der Waals surface area contributed by atoms with Gasteiger partial charge in [0.15, 0.2) is 6.23 Å². The summed E-state index contributed by atoms with van der Waals surface area (Å²) < 4.78 is 37.3. The van der Waals surface area contributed by atoms with E-state index in [2.05, 4.69) is 16.5 Å². The second kappa shape index (κ2) is 8.81. The van der Waals surface area contributed by atoms with Crippen molar-refractivity contribution in [3.05, 3.63) is 65.6 Å². The van der Waals surface area contributed by atoms with E-state index in [1.807, 2.05) is 6.07 Å². The molecule has 2 aliphatic heterocycles. The van der Waals surface area contributed by atoms with Gasteiger partial charge in [0, 0.05) is 23.2 Å². The SMILES string of the molecule is C=C1[C@H](n2ccc3c(N)ncnc32)O[C@H](CO[P@]2(=O)OCC[C@H](c3cccc(Cl)c3)O2)[C@H]1O. The number of ether oxygens (including phenoxy) is 1. The molecule has 2 aliphatic rings. The van der Waals surface area contributed by atoms with E-state index in [-0.39, 0.29) is 13.2 Å². The zero-order valence-corrected chi connectivity index (χ0v) is 19.1. The third kappa shape index (κ3) is 4.31. The first-order chi connectivity index (χ1) is 15.8. The van der Waals surface area contributed by atoms with Crippen molar-refractivity contribution in [1.29, 1.82) is 0 Å². The third-order valence-electron chi connectivity index (χ3n) is 5.65. The molecular weight excluding hydrogens is 471 g/mol. The van der Waals surface area contributed by atoms with Crippen molar-refractivity contribution in [3.8, 4) is 0 Å². The fourth-order valence-corrected chi connectivity index (χ4v) is 5.54. The number of aliphatic hydroxyl groups excluding tert-OH is 1. The van der Waals surface area contributed by atoms with Crippen LogP contribution < -0.4 is 5.73 Å². The Kier molecular flexibility index (Phi) is 6.00.